The second-order valence-corrected chi connectivity index (χ2v) is 6.55. The Hall–Kier alpha value is -0.470. The van der Waals surface area contributed by atoms with Gasteiger partial charge >= 0.3 is 0 Å². The molecule has 0 aliphatic heterocycles. The molecule has 1 aliphatic carbocycles. The summed E-state index contributed by atoms with van der Waals surface area (Å²) in [7, 11) is 0. The molecule has 1 fully saturated rings. The lowest BCUT2D eigenvalue weighted by Crippen LogP contribution is -2.43. The van der Waals surface area contributed by atoms with E-state index in [1.807, 2.05) is 11.8 Å². The van der Waals surface area contributed by atoms with Crippen LogP contribution in [0, 0.1) is 13.8 Å². The van der Waals surface area contributed by atoms with E-state index in [0.29, 0.717) is 4.75 Å². The Bertz CT molecular complexity index is 377. The van der Waals surface area contributed by atoms with E-state index in [4.69, 9.17) is 0 Å². The van der Waals surface area contributed by atoms with Crippen molar-refractivity contribution in [1.82, 2.24) is 5.32 Å². The van der Waals surface area contributed by atoms with E-state index in [9.17, 15) is 0 Å². The number of benzene rings is 1. The summed E-state index contributed by atoms with van der Waals surface area (Å²) in [6, 6.07) is 6.73. The maximum absolute atomic E-state index is 3.63. The van der Waals surface area contributed by atoms with Gasteiger partial charge in [-0.15, -0.1) is 0 Å². The molecule has 1 aliphatic rings. The molecule has 0 aromatic heterocycles. The van der Waals surface area contributed by atoms with Crippen molar-refractivity contribution in [3.63, 3.8) is 0 Å². The van der Waals surface area contributed by atoms with Crippen molar-refractivity contribution in [3.8, 4) is 0 Å². The predicted molar refractivity (Wildman–Crippen MR) is 77.7 cm³/mol. The van der Waals surface area contributed by atoms with Crippen LogP contribution in [-0.2, 0) is 6.54 Å². The third-order valence-electron chi connectivity index (χ3n) is 3.96. The highest BCUT2D eigenvalue weighted by atomic mass is 32.2. The van der Waals surface area contributed by atoms with E-state index >= 15 is 0 Å². The largest absolute Gasteiger partial charge is 0.311 e. The minimum Gasteiger partial charge on any atom is -0.311 e. The lowest BCUT2D eigenvalue weighted by Gasteiger charge is -2.40. The second-order valence-electron chi connectivity index (χ2n) is 5.27. The first kappa shape index (κ1) is 13.0. The van der Waals surface area contributed by atoms with Crippen LogP contribution in [-0.4, -0.2) is 17.5 Å². The van der Waals surface area contributed by atoms with Gasteiger partial charge in [0.15, 0.2) is 0 Å². The smallest absolute Gasteiger partial charge is 0.0281 e. The Morgan fingerprint density at radius 2 is 2.06 bits per heavy atom. The van der Waals surface area contributed by atoms with Gasteiger partial charge in [0.2, 0.25) is 0 Å². The van der Waals surface area contributed by atoms with E-state index in [1.54, 1.807) is 0 Å². The lowest BCUT2D eigenvalue weighted by molar-refractivity contribution is 0.345. The molecule has 0 atom stereocenters. The summed E-state index contributed by atoms with van der Waals surface area (Å²) in [5, 5.41) is 3.63. The van der Waals surface area contributed by atoms with E-state index in [0.717, 1.165) is 13.1 Å². The van der Waals surface area contributed by atoms with Gasteiger partial charge in [-0.05, 0) is 44.1 Å². The molecular formula is C15H23NS. The van der Waals surface area contributed by atoms with Gasteiger partial charge in [-0.3, -0.25) is 0 Å². The van der Waals surface area contributed by atoms with Gasteiger partial charge in [0.25, 0.3) is 0 Å². The molecule has 0 unspecified atom stereocenters. The normalized spacial score (nSPS) is 17.8. The molecule has 0 bridgehead atoms. The molecule has 0 amide bonds. The summed E-state index contributed by atoms with van der Waals surface area (Å²) < 4.78 is 0.540. The van der Waals surface area contributed by atoms with Crippen LogP contribution in [0.3, 0.4) is 0 Å². The molecular weight excluding hydrogens is 226 g/mol. The molecule has 2 heteroatoms. The minimum absolute atomic E-state index is 0.540. The molecule has 1 N–H and O–H groups in total. The summed E-state index contributed by atoms with van der Waals surface area (Å²) in [5.41, 5.74) is 4.20. The first-order valence-corrected chi connectivity index (χ1v) is 7.70. The van der Waals surface area contributed by atoms with E-state index in [1.165, 1.54) is 36.0 Å². The van der Waals surface area contributed by atoms with Crippen molar-refractivity contribution in [3.05, 3.63) is 34.9 Å². The molecule has 2 rings (SSSR count). The molecule has 1 nitrogen and oxygen atoms in total. The van der Waals surface area contributed by atoms with Crippen LogP contribution in [0.1, 0.15) is 36.0 Å². The van der Waals surface area contributed by atoms with Gasteiger partial charge in [-0.25, -0.2) is 0 Å². The van der Waals surface area contributed by atoms with Crippen molar-refractivity contribution in [2.75, 3.05) is 12.8 Å². The number of hydrogen-bond donors (Lipinski definition) is 1. The van der Waals surface area contributed by atoms with E-state index < -0.39 is 0 Å². The van der Waals surface area contributed by atoms with Gasteiger partial charge in [0.05, 0.1) is 0 Å². The van der Waals surface area contributed by atoms with Crippen LogP contribution in [0.15, 0.2) is 18.2 Å². The molecule has 94 valence electrons. The predicted octanol–water partition coefficient (Wildman–Crippen LogP) is 3.68. The lowest BCUT2D eigenvalue weighted by atomic mass is 9.84. The third-order valence-corrected chi connectivity index (χ3v) is 5.38. The highest BCUT2D eigenvalue weighted by molar-refractivity contribution is 8.00. The van der Waals surface area contributed by atoms with Crippen LogP contribution in [0.4, 0.5) is 0 Å². The maximum atomic E-state index is 3.63. The van der Waals surface area contributed by atoms with Gasteiger partial charge in [-0.2, -0.15) is 11.8 Å². The molecule has 0 saturated heterocycles. The molecule has 1 saturated carbocycles. The average Bonchev–Trinajstić information content (AvgIpc) is 2.25. The van der Waals surface area contributed by atoms with Crippen molar-refractivity contribution in [1.29, 1.82) is 0 Å². The summed E-state index contributed by atoms with van der Waals surface area (Å²) in [6.45, 7) is 6.52. The Morgan fingerprint density at radius 1 is 1.29 bits per heavy atom. The fourth-order valence-electron chi connectivity index (χ4n) is 2.49. The number of nitrogens with one attached hydrogen (secondary N) is 1. The van der Waals surface area contributed by atoms with Gasteiger partial charge in [-0.1, -0.05) is 30.2 Å². The standard InChI is InChI=1S/C15H23NS/c1-12-5-6-14(13(2)9-12)10-16-11-15(17-3)7-4-8-15/h5-6,9,16H,4,7-8,10-11H2,1-3H3. The number of aryl methyl sites for hydroxylation is 2. The Kier molecular flexibility index (Phi) is 4.16. The van der Waals surface area contributed by atoms with Crippen LogP contribution < -0.4 is 5.32 Å². The third kappa shape index (κ3) is 3.05. The zero-order chi connectivity index (χ0) is 12.3. The SMILES string of the molecule is CSC1(CNCc2ccc(C)cc2C)CCC1. The Balaban J connectivity index is 1.85. The molecule has 0 radical (unpaired) electrons. The quantitative estimate of drug-likeness (QED) is 0.854. The van der Waals surface area contributed by atoms with Crippen LogP contribution >= 0.6 is 11.8 Å². The topological polar surface area (TPSA) is 12.0 Å². The van der Waals surface area contributed by atoms with E-state index in [2.05, 4.69) is 43.6 Å². The van der Waals surface area contributed by atoms with Gasteiger partial charge in [0, 0.05) is 17.8 Å². The van der Waals surface area contributed by atoms with Gasteiger partial charge < -0.3 is 5.32 Å². The average molecular weight is 249 g/mol. The van der Waals surface area contributed by atoms with Crippen molar-refractivity contribution < 1.29 is 0 Å². The number of hydrogen-bond acceptors (Lipinski definition) is 2. The van der Waals surface area contributed by atoms with Crippen LogP contribution in [0.25, 0.3) is 0 Å². The molecule has 0 spiro atoms. The molecule has 0 heterocycles. The zero-order valence-electron chi connectivity index (χ0n) is 11.2. The minimum atomic E-state index is 0.540. The summed E-state index contributed by atoms with van der Waals surface area (Å²) in [5.74, 6) is 0. The summed E-state index contributed by atoms with van der Waals surface area (Å²) >= 11 is 2.04. The number of thioether (sulfide) groups is 1. The highest BCUT2D eigenvalue weighted by Crippen LogP contribution is 2.42. The van der Waals surface area contributed by atoms with Crippen molar-refractivity contribution in [2.24, 2.45) is 0 Å². The monoisotopic (exact) mass is 249 g/mol. The Morgan fingerprint density at radius 3 is 2.59 bits per heavy atom. The first-order valence-electron chi connectivity index (χ1n) is 6.47. The van der Waals surface area contributed by atoms with Gasteiger partial charge in [0.1, 0.15) is 0 Å². The fourth-order valence-corrected chi connectivity index (χ4v) is 3.44. The summed E-state index contributed by atoms with van der Waals surface area (Å²) in [6.07, 6.45) is 6.42. The summed E-state index contributed by atoms with van der Waals surface area (Å²) in [4.78, 5) is 0. The zero-order valence-corrected chi connectivity index (χ0v) is 12.0. The molecule has 1 aromatic rings. The van der Waals surface area contributed by atoms with Crippen LogP contribution in [0.5, 0.6) is 0 Å². The van der Waals surface area contributed by atoms with Crippen LogP contribution in [0.2, 0.25) is 0 Å². The fraction of sp³-hybridized carbons (Fsp3) is 0.600. The number of rotatable bonds is 5. The maximum Gasteiger partial charge on any atom is 0.0281 e. The first-order chi connectivity index (χ1) is 8.15. The highest BCUT2D eigenvalue weighted by Gasteiger charge is 2.35. The van der Waals surface area contributed by atoms with Crippen molar-refractivity contribution >= 4 is 11.8 Å². The second kappa shape index (κ2) is 5.45. The van der Waals surface area contributed by atoms with E-state index in [-0.39, 0.29) is 0 Å². The Labute approximate surface area is 109 Å². The molecule has 17 heavy (non-hydrogen) atoms. The van der Waals surface area contributed by atoms with Crippen molar-refractivity contribution in [2.45, 2.75) is 44.4 Å². The molecule has 1 aromatic carbocycles.